The van der Waals surface area contributed by atoms with E-state index in [1.54, 1.807) is 17.7 Å². The van der Waals surface area contributed by atoms with E-state index in [2.05, 4.69) is 59.0 Å². The topological polar surface area (TPSA) is 49.3 Å². The molecule has 0 radical (unpaired) electrons. The Bertz CT molecular complexity index is 942. The minimum atomic E-state index is 0.245. The highest BCUT2D eigenvalue weighted by atomic mass is 32.1. The van der Waals surface area contributed by atoms with Crippen molar-refractivity contribution in [2.75, 3.05) is 31.1 Å². The number of benzene rings is 1. The van der Waals surface area contributed by atoms with Crippen molar-refractivity contribution in [3.8, 4) is 0 Å². The Hall–Kier alpha value is -2.47. The zero-order valence-corrected chi connectivity index (χ0v) is 16.6. The van der Waals surface area contributed by atoms with E-state index in [0.717, 1.165) is 48.6 Å². The molecule has 1 aliphatic heterocycles. The van der Waals surface area contributed by atoms with Crippen LogP contribution in [0, 0.1) is 13.8 Å². The molecule has 1 aliphatic rings. The van der Waals surface area contributed by atoms with Crippen LogP contribution < -0.4 is 4.90 Å². The fraction of sp³-hybridized carbons (Fsp3) is 0.381. The fourth-order valence-corrected chi connectivity index (χ4v) is 4.39. The van der Waals surface area contributed by atoms with Crippen molar-refractivity contribution >= 4 is 33.3 Å². The van der Waals surface area contributed by atoms with Crippen molar-refractivity contribution in [3.05, 3.63) is 52.7 Å². The predicted molar refractivity (Wildman–Crippen MR) is 110 cm³/mol. The SMILES string of the molecule is Cc1ccc(CCC(=O)N2CCN(c3ncnc4sc(C)cc34)CC2)cc1. The fourth-order valence-electron chi connectivity index (χ4n) is 3.55. The van der Waals surface area contributed by atoms with Crippen molar-refractivity contribution in [3.63, 3.8) is 0 Å². The Morgan fingerprint density at radius 1 is 1.07 bits per heavy atom. The molecule has 0 saturated carbocycles. The van der Waals surface area contributed by atoms with Crippen LogP contribution in [0.5, 0.6) is 0 Å². The molecule has 1 saturated heterocycles. The molecule has 2 aromatic heterocycles. The van der Waals surface area contributed by atoms with Gasteiger partial charge in [-0.15, -0.1) is 11.3 Å². The molecule has 140 valence electrons. The normalized spacial score (nSPS) is 14.7. The third-order valence-electron chi connectivity index (χ3n) is 5.11. The summed E-state index contributed by atoms with van der Waals surface area (Å²) < 4.78 is 0. The van der Waals surface area contributed by atoms with Gasteiger partial charge < -0.3 is 9.80 Å². The quantitative estimate of drug-likeness (QED) is 0.694. The monoisotopic (exact) mass is 380 g/mol. The van der Waals surface area contributed by atoms with E-state index >= 15 is 0 Å². The minimum absolute atomic E-state index is 0.245. The summed E-state index contributed by atoms with van der Waals surface area (Å²) in [6, 6.07) is 10.6. The molecule has 4 rings (SSSR count). The highest BCUT2D eigenvalue weighted by Crippen LogP contribution is 2.30. The molecule has 1 fully saturated rings. The van der Waals surface area contributed by atoms with E-state index in [4.69, 9.17) is 0 Å². The number of aryl methyl sites for hydroxylation is 3. The van der Waals surface area contributed by atoms with Gasteiger partial charge in [0.15, 0.2) is 0 Å². The van der Waals surface area contributed by atoms with Crippen molar-refractivity contribution in [1.82, 2.24) is 14.9 Å². The van der Waals surface area contributed by atoms with Gasteiger partial charge in [-0.05, 0) is 31.9 Å². The number of nitrogens with zero attached hydrogens (tertiary/aromatic N) is 4. The number of carbonyl (C=O) groups excluding carboxylic acids is 1. The van der Waals surface area contributed by atoms with Crippen molar-refractivity contribution < 1.29 is 4.79 Å². The second kappa shape index (κ2) is 7.64. The maximum Gasteiger partial charge on any atom is 0.223 e. The summed E-state index contributed by atoms with van der Waals surface area (Å²) in [7, 11) is 0. The molecule has 0 bridgehead atoms. The summed E-state index contributed by atoms with van der Waals surface area (Å²) >= 11 is 1.70. The first kappa shape index (κ1) is 17.9. The Kier molecular flexibility index (Phi) is 5.07. The van der Waals surface area contributed by atoms with Gasteiger partial charge in [0, 0.05) is 37.5 Å². The summed E-state index contributed by atoms with van der Waals surface area (Å²) in [5.41, 5.74) is 2.48. The average Bonchev–Trinajstić information content (AvgIpc) is 3.07. The number of hydrogen-bond donors (Lipinski definition) is 0. The van der Waals surface area contributed by atoms with Crippen molar-refractivity contribution in [2.24, 2.45) is 0 Å². The third kappa shape index (κ3) is 3.95. The van der Waals surface area contributed by atoms with Crippen LogP contribution in [0.25, 0.3) is 10.2 Å². The summed E-state index contributed by atoms with van der Waals surface area (Å²) in [6.45, 7) is 7.31. The molecule has 27 heavy (non-hydrogen) atoms. The van der Waals surface area contributed by atoms with Crippen LogP contribution in [0.4, 0.5) is 5.82 Å². The van der Waals surface area contributed by atoms with Crippen LogP contribution in [0.1, 0.15) is 22.4 Å². The Balaban J connectivity index is 1.35. The van der Waals surface area contributed by atoms with E-state index in [-0.39, 0.29) is 5.91 Å². The van der Waals surface area contributed by atoms with Crippen molar-refractivity contribution in [1.29, 1.82) is 0 Å². The summed E-state index contributed by atoms with van der Waals surface area (Å²) in [5.74, 6) is 1.24. The summed E-state index contributed by atoms with van der Waals surface area (Å²) in [4.78, 5) is 28.0. The standard InChI is InChI=1S/C21H24N4OS/c1-15-3-5-17(6-4-15)7-8-19(26)24-9-11-25(12-10-24)20-18-13-16(2)27-21(18)23-14-22-20/h3-6,13-14H,7-12H2,1-2H3. The average molecular weight is 381 g/mol. The highest BCUT2D eigenvalue weighted by molar-refractivity contribution is 7.18. The van der Waals surface area contributed by atoms with E-state index in [0.29, 0.717) is 6.42 Å². The molecule has 3 aromatic rings. The number of aromatic nitrogens is 2. The predicted octanol–water partition coefficient (Wildman–Crippen LogP) is 3.59. The molecule has 6 heteroatoms. The Morgan fingerprint density at radius 3 is 2.56 bits per heavy atom. The first-order valence-electron chi connectivity index (χ1n) is 9.39. The number of thiophene rings is 1. The number of anilines is 1. The van der Waals surface area contributed by atoms with Gasteiger partial charge in [0.1, 0.15) is 17.0 Å². The van der Waals surface area contributed by atoms with Gasteiger partial charge in [-0.2, -0.15) is 0 Å². The number of fused-ring (bicyclic) bond motifs is 1. The van der Waals surface area contributed by atoms with Gasteiger partial charge in [-0.3, -0.25) is 4.79 Å². The van der Waals surface area contributed by atoms with Crippen LogP contribution in [0.15, 0.2) is 36.7 Å². The second-order valence-electron chi connectivity index (χ2n) is 7.13. The molecular formula is C21H24N4OS. The molecule has 0 N–H and O–H groups in total. The lowest BCUT2D eigenvalue weighted by molar-refractivity contribution is -0.131. The minimum Gasteiger partial charge on any atom is -0.352 e. The van der Waals surface area contributed by atoms with E-state index < -0.39 is 0 Å². The van der Waals surface area contributed by atoms with Crippen molar-refractivity contribution in [2.45, 2.75) is 26.7 Å². The summed E-state index contributed by atoms with van der Waals surface area (Å²) in [6.07, 6.45) is 3.03. The van der Waals surface area contributed by atoms with Crippen LogP contribution in [0.2, 0.25) is 0 Å². The maximum absolute atomic E-state index is 12.6. The number of carbonyl (C=O) groups is 1. The second-order valence-corrected chi connectivity index (χ2v) is 8.36. The smallest absolute Gasteiger partial charge is 0.223 e. The molecule has 0 aliphatic carbocycles. The summed E-state index contributed by atoms with van der Waals surface area (Å²) in [5, 5.41) is 1.12. The van der Waals surface area contributed by atoms with Crippen LogP contribution in [0.3, 0.4) is 0 Å². The maximum atomic E-state index is 12.6. The zero-order chi connectivity index (χ0) is 18.8. The van der Waals surface area contributed by atoms with Gasteiger partial charge in [-0.1, -0.05) is 29.8 Å². The molecule has 3 heterocycles. The van der Waals surface area contributed by atoms with Gasteiger partial charge in [0.25, 0.3) is 0 Å². The van der Waals surface area contributed by atoms with Gasteiger partial charge in [-0.25, -0.2) is 9.97 Å². The largest absolute Gasteiger partial charge is 0.352 e. The molecule has 1 amide bonds. The number of amides is 1. The first-order valence-corrected chi connectivity index (χ1v) is 10.2. The van der Waals surface area contributed by atoms with Gasteiger partial charge >= 0.3 is 0 Å². The van der Waals surface area contributed by atoms with E-state index in [9.17, 15) is 4.79 Å². The Morgan fingerprint density at radius 2 is 1.81 bits per heavy atom. The van der Waals surface area contributed by atoms with Crippen LogP contribution >= 0.6 is 11.3 Å². The molecular weight excluding hydrogens is 356 g/mol. The zero-order valence-electron chi connectivity index (χ0n) is 15.8. The molecule has 0 atom stereocenters. The number of rotatable bonds is 4. The highest BCUT2D eigenvalue weighted by Gasteiger charge is 2.23. The third-order valence-corrected chi connectivity index (χ3v) is 6.07. The van der Waals surface area contributed by atoms with Gasteiger partial charge in [0.05, 0.1) is 5.39 Å². The molecule has 0 spiro atoms. The molecule has 5 nitrogen and oxygen atoms in total. The lowest BCUT2D eigenvalue weighted by atomic mass is 10.1. The van der Waals surface area contributed by atoms with Crippen LogP contribution in [-0.4, -0.2) is 47.0 Å². The molecule has 0 unspecified atom stereocenters. The van der Waals surface area contributed by atoms with E-state index in [1.807, 2.05) is 4.90 Å². The van der Waals surface area contributed by atoms with Crippen LogP contribution in [-0.2, 0) is 11.2 Å². The Labute approximate surface area is 163 Å². The lowest BCUT2D eigenvalue weighted by Crippen LogP contribution is -2.49. The lowest BCUT2D eigenvalue weighted by Gasteiger charge is -2.35. The number of hydrogen-bond acceptors (Lipinski definition) is 5. The first-order chi connectivity index (χ1) is 13.1. The van der Waals surface area contributed by atoms with Gasteiger partial charge in [0.2, 0.25) is 5.91 Å². The molecule has 1 aromatic carbocycles. The number of piperazine rings is 1. The van der Waals surface area contributed by atoms with E-state index in [1.165, 1.54) is 16.0 Å².